The predicted octanol–water partition coefficient (Wildman–Crippen LogP) is 2.40. The van der Waals surface area contributed by atoms with Crippen LogP contribution in [0.15, 0.2) is 0 Å². The first kappa shape index (κ1) is 11.0. The van der Waals surface area contributed by atoms with Crippen molar-refractivity contribution in [1.29, 1.82) is 0 Å². The van der Waals surface area contributed by atoms with E-state index in [2.05, 4.69) is 0 Å². The summed E-state index contributed by atoms with van der Waals surface area (Å²) in [5.41, 5.74) is 6.88. The quantitative estimate of drug-likeness (QED) is 0.820. The summed E-state index contributed by atoms with van der Waals surface area (Å²) in [7, 11) is 0. The molecule has 0 fully saturated rings. The number of nitrogens with two attached hydrogens (primary N) is 1. The minimum Gasteiger partial charge on any atom is -0.396 e. The fourth-order valence-corrected chi connectivity index (χ4v) is 2.86. The van der Waals surface area contributed by atoms with Gasteiger partial charge in [0.1, 0.15) is 0 Å². The van der Waals surface area contributed by atoms with E-state index in [1.54, 1.807) is 11.3 Å². The van der Waals surface area contributed by atoms with E-state index in [4.69, 9.17) is 22.4 Å². The Hall–Kier alpha value is -0.0900. The van der Waals surface area contributed by atoms with Crippen LogP contribution in [0.1, 0.15) is 27.8 Å². The van der Waals surface area contributed by atoms with E-state index in [9.17, 15) is 0 Å². The zero-order valence-corrected chi connectivity index (χ0v) is 9.37. The molecule has 0 aliphatic carbocycles. The summed E-state index contributed by atoms with van der Waals surface area (Å²) in [6, 6.07) is -0.137. The first-order valence-corrected chi connectivity index (χ1v) is 5.39. The van der Waals surface area contributed by atoms with Gasteiger partial charge in [0.25, 0.3) is 0 Å². The Morgan fingerprint density at radius 1 is 1.46 bits per heavy atom. The van der Waals surface area contributed by atoms with Gasteiger partial charge in [-0.3, -0.25) is 0 Å². The molecule has 0 saturated carbocycles. The molecule has 0 amide bonds. The molecule has 0 aliphatic heterocycles. The molecule has 1 aromatic heterocycles. The molecule has 0 aromatic carbocycles. The topological polar surface area (TPSA) is 46.2 Å². The lowest BCUT2D eigenvalue weighted by Crippen LogP contribution is -2.12. The molecule has 0 aliphatic rings. The average Bonchev–Trinajstić information content (AvgIpc) is 2.27. The molecule has 3 N–H and O–H groups in total. The highest BCUT2D eigenvalue weighted by Gasteiger charge is 2.16. The van der Waals surface area contributed by atoms with Gasteiger partial charge in [-0.15, -0.1) is 11.3 Å². The van der Waals surface area contributed by atoms with Crippen LogP contribution in [0, 0.1) is 13.8 Å². The number of rotatable bonds is 3. The summed E-state index contributed by atoms with van der Waals surface area (Å²) in [4.78, 5) is 2.26. The molecule has 4 heteroatoms. The summed E-state index contributed by atoms with van der Waals surface area (Å²) in [6.45, 7) is 4.09. The SMILES string of the molecule is Cc1sc(C)c(C(N)CCO)c1Cl. The van der Waals surface area contributed by atoms with Gasteiger partial charge in [-0.05, 0) is 20.3 Å². The highest BCUT2D eigenvalue weighted by Crippen LogP contribution is 2.35. The lowest BCUT2D eigenvalue weighted by atomic mass is 10.1. The fourth-order valence-electron chi connectivity index (χ4n) is 1.38. The number of aryl methyl sites for hydroxylation is 2. The van der Waals surface area contributed by atoms with Crippen molar-refractivity contribution in [2.75, 3.05) is 6.61 Å². The molecular formula is C9H14ClNOS. The third kappa shape index (κ3) is 2.23. The minimum absolute atomic E-state index is 0.103. The maximum atomic E-state index is 8.77. The second-order valence-corrected chi connectivity index (χ2v) is 4.87. The Kier molecular flexibility index (Phi) is 3.74. The van der Waals surface area contributed by atoms with Gasteiger partial charge >= 0.3 is 0 Å². The van der Waals surface area contributed by atoms with Gasteiger partial charge in [-0.25, -0.2) is 0 Å². The van der Waals surface area contributed by atoms with Crippen molar-refractivity contribution >= 4 is 22.9 Å². The number of hydrogen-bond donors (Lipinski definition) is 2. The molecule has 1 unspecified atom stereocenters. The van der Waals surface area contributed by atoms with Crippen LogP contribution in [0.4, 0.5) is 0 Å². The monoisotopic (exact) mass is 219 g/mol. The summed E-state index contributed by atoms with van der Waals surface area (Å²) in [6.07, 6.45) is 0.566. The van der Waals surface area contributed by atoms with E-state index in [1.807, 2.05) is 13.8 Å². The van der Waals surface area contributed by atoms with E-state index in [1.165, 1.54) is 0 Å². The number of thiophene rings is 1. The lowest BCUT2D eigenvalue weighted by Gasteiger charge is -2.10. The van der Waals surface area contributed by atoms with Crippen LogP contribution in [0.2, 0.25) is 5.02 Å². The van der Waals surface area contributed by atoms with Crippen molar-refractivity contribution in [3.05, 3.63) is 20.3 Å². The molecule has 1 heterocycles. The Morgan fingerprint density at radius 3 is 2.46 bits per heavy atom. The molecule has 0 radical (unpaired) electrons. The Labute approximate surface area is 87.3 Å². The number of hydrogen-bond acceptors (Lipinski definition) is 3. The first-order valence-electron chi connectivity index (χ1n) is 4.19. The van der Waals surface area contributed by atoms with Gasteiger partial charge in [0.05, 0.1) is 5.02 Å². The number of aliphatic hydroxyl groups is 1. The Bertz CT molecular complexity index is 298. The molecule has 13 heavy (non-hydrogen) atoms. The molecule has 0 saturated heterocycles. The maximum absolute atomic E-state index is 8.77. The van der Waals surface area contributed by atoms with Gasteiger partial charge in [-0.1, -0.05) is 11.6 Å². The first-order chi connectivity index (χ1) is 6.07. The average molecular weight is 220 g/mol. The smallest absolute Gasteiger partial charge is 0.0592 e. The lowest BCUT2D eigenvalue weighted by molar-refractivity contribution is 0.276. The standard InChI is InChI=1S/C9H14ClNOS/c1-5-8(7(11)3-4-12)9(10)6(2)13-5/h7,12H,3-4,11H2,1-2H3. The second kappa shape index (κ2) is 4.42. The zero-order valence-electron chi connectivity index (χ0n) is 7.80. The van der Waals surface area contributed by atoms with Crippen LogP contribution >= 0.6 is 22.9 Å². The molecular weight excluding hydrogens is 206 g/mol. The molecule has 1 rings (SSSR count). The minimum atomic E-state index is -0.137. The maximum Gasteiger partial charge on any atom is 0.0592 e. The van der Waals surface area contributed by atoms with Crippen LogP contribution in [0.3, 0.4) is 0 Å². The predicted molar refractivity (Wildman–Crippen MR) is 57.4 cm³/mol. The summed E-state index contributed by atoms with van der Waals surface area (Å²) in [5.74, 6) is 0. The van der Waals surface area contributed by atoms with Gasteiger partial charge in [0.15, 0.2) is 0 Å². The van der Waals surface area contributed by atoms with Crippen molar-refractivity contribution in [2.45, 2.75) is 26.3 Å². The molecule has 74 valence electrons. The molecule has 1 atom stereocenters. The Balaban J connectivity index is 2.98. The van der Waals surface area contributed by atoms with E-state index in [0.717, 1.165) is 20.3 Å². The molecule has 1 aromatic rings. The van der Waals surface area contributed by atoms with Gasteiger partial charge in [0, 0.05) is 28.0 Å². The third-order valence-electron chi connectivity index (χ3n) is 2.04. The second-order valence-electron chi connectivity index (χ2n) is 3.06. The zero-order chi connectivity index (χ0) is 10.0. The van der Waals surface area contributed by atoms with Crippen molar-refractivity contribution in [1.82, 2.24) is 0 Å². The van der Waals surface area contributed by atoms with E-state index < -0.39 is 0 Å². The van der Waals surface area contributed by atoms with Crippen molar-refractivity contribution < 1.29 is 5.11 Å². The van der Waals surface area contributed by atoms with E-state index in [0.29, 0.717) is 6.42 Å². The van der Waals surface area contributed by atoms with Crippen LogP contribution < -0.4 is 5.73 Å². The van der Waals surface area contributed by atoms with Crippen LogP contribution in [0.5, 0.6) is 0 Å². The van der Waals surface area contributed by atoms with E-state index in [-0.39, 0.29) is 12.6 Å². The normalized spacial score (nSPS) is 13.3. The third-order valence-corrected chi connectivity index (χ3v) is 3.68. The number of aliphatic hydroxyl groups excluding tert-OH is 1. The Morgan fingerprint density at radius 2 is 2.08 bits per heavy atom. The molecule has 0 spiro atoms. The van der Waals surface area contributed by atoms with Crippen molar-refractivity contribution in [3.63, 3.8) is 0 Å². The van der Waals surface area contributed by atoms with Gasteiger partial charge < -0.3 is 10.8 Å². The van der Waals surface area contributed by atoms with Crippen molar-refractivity contribution in [2.24, 2.45) is 5.73 Å². The largest absolute Gasteiger partial charge is 0.396 e. The highest BCUT2D eigenvalue weighted by atomic mass is 35.5. The number of halogens is 1. The fraction of sp³-hybridized carbons (Fsp3) is 0.556. The van der Waals surface area contributed by atoms with Gasteiger partial charge in [-0.2, -0.15) is 0 Å². The van der Waals surface area contributed by atoms with Crippen molar-refractivity contribution in [3.8, 4) is 0 Å². The molecule has 2 nitrogen and oxygen atoms in total. The van der Waals surface area contributed by atoms with Crippen LogP contribution in [-0.4, -0.2) is 11.7 Å². The summed E-state index contributed by atoms with van der Waals surface area (Å²) < 4.78 is 0. The van der Waals surface area contributed by atoms with Crippen LogP contribution in [0.25, 0.3) is 0 Å². The summed E-state index contributed by atoms with van der Waals surface area (Å²) >= 11 is 7.75. The van der Waals surface area contributed by atoms with Gasteiger partial charge in [0.2, 0.25) is 0 Å². The molecule has 0 bridgehead atoms. The summed E-state index contributed by atoms with van der Waals surface area (Å²) in [5, 5.41) is 9.53. The van der Waals surface area contributed by atoms with E-state index >= 15 is 0 Å². The highest BCUT2D eigenvalue weighted by molar-refractivity contribution is 7.12. The van der Waals surface area contributed by atoms with Crippen LogP contribution in [-0.2, 0) is 0 Å².